The fraction of sp³-hybridized carbons (Fsp3) is 0.615. The topological polar surface area (TPSA) is 46.3 Å². The zero-order chi connectivity index (χ0) is 12.3. The molecular weight excluding hydrogens is 232 g/mol. The molecule has 0 radical (unpaired) electrons. The average molecular weight is 252 g/mol. The molecule has 4 heteroatoms. The van der Waals surface area contributed by atoms with Crippen LogP contribution in [0.15, 0.2) is 16.8 Å². The molecule has 1 fully saturated rings. The van der Waals surface area contributed by atoms with Crippen molar-refractivity contribution in [3.8, 4) is 0 Å². The highest BCUT2D eigenvalue weighted by atomic mass is 32.1. The highest BCUT2D eigenvalue weighted by molar-refractivity contribution is 7.07. The van der Waals surface area contributed by atoms with Crippen LogP contribution in [0.1, 0.15) is 24.8 Å². The summed E-state index contributed by atoms with van der Waals surface area (Å²) in [7, 11) is 1.89. The Morgan fingerprint density at radius 1 is 1.59 bits per heavy atom. The molecule has 2 unspecified atom stereocenters. The number of thiophene rings is 1. The Kier molecular flexibility index (Phi) is 4.18. The van der Waals surface area contributed by atoms with Crippen LogP contribution in [-0.2, 0) is 11.3 Å². The molecule has 2 N–H and O–H groups in total. The Morgan fingerprint density at radius 3 is 3.06 bits per heavy atom. The van der Waals surface area contributed by atoms with Crippen molar-refractivity contribution in [2.45, 2.75) is 25.8 Å². The largest absolute Gasteiger partial charge is 0.341 e. The molecule has 0 saturated heterocycles. The molecule has 2 atom stereocenters. The van der Waals surface area contributed by atoms with Crippen molar-refractivity contribution in [2.75, 3.05) is 13.6 Å². The molecule has 94 valence electrons. The summed E-state index contributed by atoms with van der Waals surface area (Å²) in [5.74, 6) is 0.820. The maximum absolute atomic E-state index is 12.3. The molecule has 0 bridgehead atoms. The second kappa shape index (κ2) is 5.65. The third-order valence-electron chi connectivity index (χ3n) is 3.66. The van der Waals surface area contributed by atoms with E-state index in [4.69, 9.17) is 5.73 Å². The first-order valence-corrected chi connectivity index (χ1v) is 7.12. The monoisotopic (exact) mass is 252 g/mol. The van der Waals surface area contributed by atoms with Crippen LogP contribution in [0.5, 0.6) is 0 Å². The fourth-order valence-electron chi connectivity index (χ4n) is 2.66. The number of carbonyl (C=O) groups excluding carboxylic acids is 1. The summed E-state index contributed by atoms with van der Waals surface area (Å²) in [4.78, 5) is 14.2. The van der Waals surface area contributed by atoms with Crippen LogP contribution in [0.3, 0.4) is 0 Å². The van der Waals surface area contributed by atoms with Gasteiger partial charge in [0.05, 0.1) is 0 Å². The molecule has 3 nitrogen and oxygen atoms in total. The van der Waals surface area contributed by atoms with Gasteiger partial charge in [-0.15, -0.1) is 0 Å². The Labute approximate surface area is 107 Å². The Bertz CT molecular complexity index is 364. The first kappa shape index (κ1) is 12.6. The van der Waals surface area contributed by atoms with Gasteiger partial charge in [0.2, 0.25) is 5.91 Å². The SMILES string of the molecule is CN(Cc1ccsc1)C(=O)C1CCCC1CN. The first-order valence-electron chi connectivity index (χ1n) is 6.18. The summed E-state index contributed by atoms with van der Waals surface area (Å²) in [6.45, 7) is 1.36. The zero-order valence-corrected chi connectivity index (χ0v) is 11.1. The van der Waals surface area contributed by atoms with Gasteiger partial charge in [-0.05, 0) is 47.7 Å². The van der Waals surface area contributed by atoms with E-state index in [0.29, 0.717) is 12.5 Å². The lowest BCUT2D eigenvalue weighted by atomic mass is 9.95. The van der Waals surface area contributed by atoms with Crippen LogP contribution < -0.4 is 5.73 Å². The van der Waals surface area contributed by atoms with E-state index in [1.165, 1.54) is 5.56 Å². The Morgan fingerprint density at radius 2 is 2.41 bits per heavy atom. The molecule has 0 aromatic carbocycles. The molecule has 2 rings (SSSR count). The van der Waals surface area contributed by atoms with Crippen molar-refractivity contribution >= 4 is 17.2 Å². The van der Waals surface area contributed by atoms with E-state index in [1.807, 2.05) is 17.3 Å². The number of rotatable bonds is 4. The summed E-state index contributed by atoms with van der Waals surface area (Å²) < 4.78 is 0. The number of carbonyl (C=O) groups is 1. The average Bonchev–Trinajstić information content (AvgIpc) is 2.97. The standard InChI is InChI=1S/C13H20N2OS/c1-15(8-10-5-6-17-9-10)13(16)12-4-2-3-11(12)7-14/h5-6,9,11-12H,2-4,7-8,14H2,1H3. The molecule has 1 saturated carbocycles. The van der Waals surface area contributed by atoms with Gasteiger partial charge >= 0.3 is 0 Å². The van der Waals surface area contributed by atoms with E-state index < -0.39 is 0 Å². The van der Waals surface area contributed by atoms with Gasteiger partial charge in [0, 0.05) is 19.5 Å². The summed E-state index contributed by atoms with van der Waals surface area (Å²) in [5, 5.41) is 4.14. The van der Waals surface area contributed by atoms with Crippen LogP contribution in [0.4, 0.5) is 0 Å². The summed E-state index contributed by atoms with van der Waals surface area (Å²) in [6, 6.07) is 2.07. The maximum atomic E-state index is 12.3. The van der Waals surface area contributed by atoms with Crippen molar-refractivity contribution in [1.82, 2.24) is 4.90 Å². The van der Waals surface area contributed by atoms with E-state index in [0.717, 1.165) is 25.8 Å². The van der Waals surface area contributed by atoms with Gasteiger partial charge < -0.3 is 10.6 Å². The third kappa shape index (κ3) is 2.87. The molecule has 1 aromatic heterocycles. The summed E-state index contributed by atoms with van der Waals surface area (Å²) in [5.41, 5.74) is 6.94. The van der Waals surface area contributed by atoms with Gasteiger partial charge in [0.15, 0.2) is 0 Å². The van der Waals surface area contributed by atoms with Crippen LogP contribution in [0.2, 0.25) is 0 Å². The molecule has 1 aromatic rings. The Balaban J connectivity index is 1.94. The van der Waals surface area contributed by atoms with Crippen LogP contribution in [0.25, 0.3) is 0 Å². The predicted octanol–water partition coefficient (Wildman–Crippen LogP) is 2.08. The minimum Gasteiger partial charge on any atom is -0.341 e. The number of nitrogens with zero attached hydrogens (tertiary/aromatic N) is 1. The highest BCUT2D eigenvalue weighted by Crippen LogP contribution is 2.32. The van der Waals surface area contributed by atoms with E-state index in [1.54, 1.807) is 11.3 Å². The van der Waals surface area contributed by atoms with E-state index in [-0.39, 0.29) is 11.8 Å². The van der Waals surface area contributed by atoms with Crippen molar-refractivity contribution in [3.63, 3.8) is 0 Å². The highest BCUT2D eigenvalue weighted by Gasteiger charge is 2.33. The van der Waals surface area contributed by atoms with Crippen molar-refractivity contribution in [1.29, 1.82) is 0 Å². The summed E-state index contributed by atoms with van der Waals surface area (Å²) >= 11 is 1.67. The van der Waals surface area contributed by atoms with Crippen LogP contribution in [0, 0.1) is 11.8 Å². The fourth-order valence-corrected chi connectivity index (χ4v) is 3.32. The molecule has 0 aliphatic heterocycles. The van der Waals surface area contributed by atoms with E-state index in [9.17, 15) is 4.79 Å². The van der Waals surface area contributed by atoms with Gasteiger partial charge in [0.25, 0.3) is 0 Å². The van der Waals surface area contributed by atoms with Crippen molar-refractivity contribution in [3.05, 3.63) is 22.4 Å². The molecule has 1 aliphatic rings. The van der Waals surface area contributed by atoms with Gasteiger partial charge in [-0.25, -0.2) is 0 Å². The molecular formula is C13H20N2OS. The lowest BCUT2D eigenvalue weighted by Gasteiger charge is -2.24. The van der Waals surface area contributed by atoms with Gasteiger partial charge in [-0.1, -0.05) is 6.42 Å². The predicted molar refractivity (Wildman–Crippen MR) is 70.7 cm³/mol. The van der Waals surface area contributed by atoms with Crippen molar-refractivity contribution < 1.29 is 4.79 Å². The summed E-state index contributed by atoms with van der Waals surface area (Å²) in [6.07, 6.45) is 3.26. The minimum atomic E-state index is 0.156. The number of hydrogen-bond acceptors (Lipinski definition) is 3. The van der Waals surface area contributed by atoms with E-state index in [2.05, 4.69) is 11.4 Å². The molecule has 1 heterocycles. The third-order valence-corrected chi connectivity index (χ3v) is 4.39. The van der Waals surface area contributed by atoms with Crippen molar-refractivity contribution in [2.24, 2.45) is 17.6 Å². The number of nitrogens with two attached hydrogens (primary N) is 1. The van der Waals surface area contributed by atoms with Gasteiger partial charge in [-0.3, -0.25) is 4.79 Å². The first-order chi connectivity index (χ1) is 8.22. The lowest BCUT2D eigenvalue weighted by Crippen LogP contribution is -2.36. The normalized spacial score (nSPS) is 23.9. The zero-order valence-electron chi connectivity index (χ0n) is 10.3. The van der Waals surface area contributed by atoms with Crippen LogP contribution in [-0.4, -0.2) is 24.4 Å². The smallest absolute Gasteiger partial charge is 0.226 e. The lowest BCUT2D eigenvalue weighted by molar-refractivity contribution is -0.135. The second-order valence-electron chi connectivity index (χ2n) is 4.86. The minimum absolute atomic E-state index is 0.156. The van der Waals surface area contributed by atoms with Crippen LogP contribution >= 0.6 is 11.3 Å². The maximum Gasteiger partial charge on any atom is 0.226 e. The number of amides is 1. The quantitative estimate of drug-likeness (QED) is 0.892. The molecule has 1 amide bonds. The van der Waals surface area contributed by atoms with Gasteiger partial charge in [0.1, 0.15) is 0 Å². The second-order valence-corrected chi connectivity index (χ2v) is 5.64. The van der Waals surface area contributed by atoms with Gasteiger partial charge in [-0.2, -0.15) is 11.3 Å². The van der Waals surface area contributed by atoms with E-state index >= 15 is 0 Å². The molecule has 0 spiro atoms. The number of hydrogen-bond donors (Lipinski definition) is 1. The molecule has 1 aliphatic carbocycles. The molecule has 17 heavy (non-hydrogen) atoms. The Hall–Kier alpha value is -0.870.